The first-order chi connectivity index (χ1) is 14.8. The van der Waals surface area contributed by atoms with Crippen molar-refractivity contribution in [2.75, 3.05) is 23.6 Å². The molecule has 1 heterocycles. The highest BCUT2D eigenvalue weighted by atomic mass is 32.2. The molecule has 0 saturated carbocycles. The second-order valence-electron chi connectivity index (χ2n) is 8.16. The number of nitrogens with zero attached hydrogens (tertiary/aromatic N) is 1. The lowest BCUT2D eigenvalue weighted by atomic mass is 10.0. The van der Waals surface area contributed by atoms with E-state index in [1.165, 1.54) is 5.56 Å². The van der Waals surface area contributed by atoms with Crippen LogP contribution in [0.5, 0.6) is 5.75 Å². The van der Waals surface area contributed by atoms with Crippen LogP contribution in [0.15, 0.2) is 54.6 Å². The van der Waals surface area contributed by atoms with Gasteiger partial charge in [0.25, 0.3) is 0 Å². The summed E-state index contributed by atoms with van der Waals surface area (Å²) in [6, 6.07) is 16.9. The number of carbonyl (C=O) groups is 1. The number of ether oxygens (including phenoxy) is 1. The number of hydrogen-bond donors (Lipinski definition) is 2. The van der Waals surface area contributed by atoms with Gasteiger partial charge in [0.05, 0.1) is 6.10 Å². The number of sulfonamides is 1. The van der Waals surface area contributed by atoms with Crippen LogP contribution in [0, 0.1) is 0 Å². The number of benzene rings is 2. The molecule has 31 heavy (non-hydrogen) atoms. The molecule has 1 saturated heterocycles. The van der Waals surface area contributed by atoms with Crippen LogP contribution in [0.2, 0.25) is 0 Å². The first-order valence-corrected chi connectivity index (χ1v) is 12.3. The highest BCUT2D eigenvalue weighted by Crippen LogP contribution is 2.18. The molecule has 0 radical (unpaired) electrons. The van der Waals surface area contributed by atoms with Gasteiger partial charge in [-0.25, -0.2) is 8.42 Å². The van der Waals surface area contributed by atoms with Crippen molar-refractivity contribution in [3.05, 3.63) is 60.2 Å². The van der Waals surface area contributed by atoms with Crippen LogP contribution in [0.1, 0.15) is 32.3 Å². The molecule has 1 amide bonds. The average Bonchev–Trinajstić information content (AvgIpc) is 2.71. The molecular formula is C23H31N3O4S. The monoisotopic (exact) mass is 445 g/mol. The molecule has 3 rings (SSSR count). The van der Waals surface area contributed by atoms with E-state index in [1.807, 2.05) is 32.0 Å². The van der Waals surface area contributed by atoms with E-state index in [0.29, 0.717) is 11.4 Å². The normalized spacial score (nSPS) is 15.6. The van der Waals surface area contributed by atoms with Gasteiger partial charge in [0, 0.05) is 31.4 Å². The van der Waals surface area contributed by atoms with E-state index < -0.39 is 21.7 Å². The maximum atomic E-state index is 12.4. The Morgan fingerprint density at radius 1 is 1.06 bits per heavy atom. The van der Waals surface area contributed by atoms with Crippen LogP contribution in [0.3, 0.4) is 0 Å². The summed E-state index contributed by atoms with van der Waals surface area (Å²) in [4.78, 5) is 14.7. The van der Waals surface area contributed by atoms with E-state index >= 15 is 0 Å². The van der Waals surface area contributed by atoms with Crippen molar-refractivity contribution in [2.45, 2.75) is 45.4 Å². The van der Waals surface area contributed by atoms with Crippen LogP contribution in [0.4, 0.5) is 5.69 Å². The van der Waals surface area contributed by atoms with Gasteiger partial charge in [-0.1, -0.05) is 30.3 Å². The third-order valence-corrected chi connectivity index (χ3v) is 6.21. The van der Waals surface area contributed by atoms with Crippen molar-refractivity contribution >= 4 is 21.6 Å². The molecule has 0 aliphatic carbocycles. The minimum absolute atomic E-state index is 0.00203. The van der Waals surface area contributed by atoms with Gasteiger partial charge in [0.1, 0.15) is 11.5 Å². The van der Waals surface area contributed by atoms with Gasteiger partial charge in [-0.2, -0.15) is 0 Å². The minimum atomic E-state index is -3.79. The number of hydrogen-bond acceptors (Lipinski definition) is 5. The summed E-state index contributed by atoms with van der Waals surface area (Å²) in [6.45, 7) is 6.47. The van der Waals surface area contributed by atoms with Crippen molar-refractivity contribution in [3.63, 3.8) is 0 Å². The first kappa shape index (κ1) is 23.1. The van der Waals surface area contributed by atoms with E-state index in [0.717, 1.165) is 32.5 Å². The second-order valence-corrected chi connectivity index (χ2v) is 9.88. The molecule has 0 atom stereocenters. The topological polar surface area (TPSA) is 87.7 Å². The standard InChI is InChI=1S/C23H31N3O4S/c1-18(2)30-22-10-8-21(9-11-22)25-31(28,29)17-23(27)24-20-12-14-26(15-13-20)16-19-6-4-3-5-7-19/h3-11,18,20,25H,12-17H2,1-2H3,(H,24,27). The Kier molecular flexibility index (Phi) is 7.92. The Bertz CT molecular complexity index is 939. The molecule has 7 nitrogen and oxygen atoms in total. The number of nitrogens with one attached hydrogen (secondary N) is 2. The quantitative estimate of drug-likeness (QED) is 0.620. The Labute approximate surface area is 184 Å². The third-order valence-electron chi connectivity index (χ3n) is 5.02. The molecular weight excluding hydrogens is 414 g/mol. The zero-order chi connectivity index (χ0) is 22.3. The smallest absolute Gasteiger partial charge is 0.241 e. The molecule has 0 bridgehead atoms. The molecule has 0 spiro atoms. The van der Waals surface area contributed by atoms with Crippen LogP contribution < -0.4 is 14.8 Å². The van der Waals surface area contributed by atoms with Gasteiger partial charge < -0.3 is 10.1 Å². The second kappa shape index (κ2) is 10.6. The lowest BCUT2D eigenvalue weighted by Crippen LogP contribution is -2.46. The van der Waals surface area contributed by atoms with Crippen molar-refractivity contribution in [3.8, 4) is 5.75 Å². The SMILES string of the molecule is CC(C)Oc1ccc(NS(=O)(=O)CC(=O)NC2CCN(Cc3ccccc3)CC2)cc1. The highest BCUT2D eigenvalue weighted by molar-refractivity contribution is 7.93. The summed E-state index contributed by atoms with van der Waals surface area (Å²) >= 11 is 0. The van der Waals surface area contributed by atoms with Gasteiger partial charge >= 0.3 is 0 Å². The third kappa shape index (κ3) is 7.88. The van der Waals surface area contributed by atoms with Crippen LogP contribution in [-0.2, 0) is 21.4 Å². The largest absolute Gasteiger partial charge is 0.491 e. The van der Waals surface area contributed by atoms with E-state index in [1.54, 1.807) is 24.3 Å². The molecule has 168 valence electrons. The Balaban J connectivity index is 1.42. The summed E-state index contributed by atoms with van der Waals surface area (Å²) in [7, 11) is -3.79. The Hall–Kier alpha value is -2.58. The fourth-order valence-corrected chi connectivity index (χ4v) is 4.60. The van der Waals surface area contributed by atoms with E-state index in [2.05, 4.69) is 27.1 Å². The maximum Gasteiger partial charge on any atom is 0.241 e. The summed E-state index contributed by atoms with van der Waals surface area (Å²) in [5.74, 6) is -0.412. The van der Waals surface area contributed by atoms with Crippen LogP contribution in [0.25, 0.3) is 0 Å². The van der Waals surface area contributed by atoms with Crippen LogP contribution >= 0.6 is 0 Å². The zero-order valence-corrected chi connectivity index (χ0v) is 18.9. The molecule has 1 aliphatic rings. The fourth-order valence-electron chi connectivity index (χ4n) is 3.61. The van der Waals surface area contributed by atoms with Gasteiger partial charge in [0.15, 0.2) is 0 Å². The Morgan fingerprint density at radius 2 is 1.71 bits per heavy atom. The molecule has 1 aliphatic heterocycles. The number of likely N-dealkylation sites (tertiary alicyclic amines) is 1. The van der Waals surface area contributed by atoms with Gasteiger partial charge in [-0.3, -0.25) is 14.4 Å². The molecule has 2 aromatic rings. The number of piperidine rings is 1. The molecule has 1 fully saturated rings. The van der Waals surface area contributed by atoms with Crippen molar-refractivity contribution < 1.29 is 17.9 Å². The highest BCUT2D eigenvalue weighted by Gasteiger charge is 2.23. The minimum Gasteiger partial charge on any atom is -0.491 e. The lowest BCUT2D eigenvalue weighted by Gasteiger charge is -2.32. The molecule has 8 heteroatoms. The van der Waals surface area contributed by atoms with Crippen molar-refractivity contribution in [2.24, 2.45) is 0 Å². The van der Waals surface area contributed by atoms with Crippen molar-refractivity contribution in [1.29, 1.82) is 0 Å². The predicted octanol–water partition coefficient (Wildman–Crippen LogP) is 3.00. The summed E-state index contributed by atoms with van der Waals surface area (Å²) < 4.78 is 32.7. The molecule has 2 aromatic carbocycles. The lowest BCUT2D eigenvalue weighted by molar-refractivity contribution is -0.119. The number of rotatable bonds is 9. The molecule has 0 aromatic heterocycles. The van der Waals surface area contributed by atoms with Crippen LogP contribution in [-0.4, -0.2) is 50.2 Å². The van der Waals surface area contributed by atoms with Crippen molar-refractivity contribution in [1.82, 2.24) is 10.2 Å². The average molecular weight is 446 g/mol. The van der Waals surface area contributed by atoms with Gasteiger partial charge in [-0.15, -0.1) is 0 Å². The predicted molar refractivity (Wildman–Crippen MR) is 122 cm³/mol. The molecule has 0 unspecified atom stereocenters. The number of amides is 1. The van der Waals surface area contributed by atoms with E-state index in [4.69, 9.17) is 4.74 Å². The number of carbonyl (C=O) groups excluding carboxylic acids is 1. The maximum absolute atomic E-state index is 12.4. The summed E-state index contributed by atoms with van der Waals surface area (Å²) in [5, 5.41) is 2.87. The van der Waals surface area contributed by atoms with Gasteiger partial charge in [0.2, 0.25) is 15.9 Å². The Morgan fingerprint density at radius 3 is 2.32 bits per heavy atom. The molecule has 2 N–H and O–H groups in total. The fraction of sp³-hybridized carbons (Fsp3) is 0.435. The van der Waals surface area contributed by atoms with E-state index in [-0.39, 0.29) is 12.1 Å². The summed E-state index contributed by atoms with van der Waals surface area (Å²) in [6.07, 6.45) is 1.66. The number of anilines is 1. The van der Waals surface area contributed by atoms with Gasteiger partial charge in [-0.05, 0) is 56.5 Å². The first-order valence-electron chi connectivity index (χ1n) is 10.6. The summed E-state index contributed by atoms with van der Waals surface area (Å²) in [5.41, 5.74) is 1.67. The zero-order valence-electron chi connectivity index (χ0n) is 18.1. The van der Waals surface area contributed by atoms with E-state index in [9.17, 15) is 13.2 Å².